The van der Waals surface area contributed by atoms with Crippen molar-refractivity contribution in [1.82, 2.24) is 15.1 Å². The summed E-state index contributed by atoms with van der Waals surface area (Å²) in [5.41, 5.74) is 2.92. The van der Waals surface area contributed by atoms with Gasteiger partial charge in [-0.2, -0.15) is 5.10 Å². The molecule has 0 atom stereocenters. The van der Waals surface area contributed by atoms with Gasteiger partial charge in [0.1, 0.15) is 0 Å². The van der Waals surface area contributed by atoms with Crippen molar-refractivity contribution in [1.29, 1.82) is 0 Å². The largest absolute Gasteiger partial charge is 0.308 e. The lowest BCUT2D eigenvalue weighted by molar-refractivity contribution is 0.421. The van der Waals surface area contributed by atoms with Crippen LogP contribution in [-0.4, -0.2) is 15.3 Å². The molecule has 0 aliphatic carbocycles. The molecule has 1 rings (SSSR count). The van der Waals surface area contributed by atoms with Gasteiger partial charge in [-0.3, -0.25) is 4.68 Å². The monoisotopic (exact) mass is 251 g/mol. The van der Waals surface area contributed by atoms with Crippen LogP contribution in [0.15, 0.2) is 6.20 Å². The van der Waals surface area contributed by atoms with Crippen LogP contribution in [0.1, 0.15) is 59.2 Å². The normalized spacial score (nSPS) is 12.4. The van der Waals surface area contributed by atoms with Crippen molar-refractivity contribution in [3.8, 4) is 0 Å². The first-order valence-electron chi connectivity index (χ1n) is 7.12. The van der Waals surface area contributed by atoms with Crippen LogP contribution in [0.5, 0.6) is 0 Å². The molecule has 0 spiro atoms. The Morgan fingerprint density at radius 3 is 2.50 bits per heavy atom. The van der Waals surface area contributed by atoms with E-state index in [1.165, 1.54) is 17.7 Å². The summed E-state index contributed by atoms with van der Waals surface area (Å²) in [6.07, 6.45) is 4.33. The second-order valence-electron chi connectivity index (χ2n) is 6.55. The maximum Gasteiger partial charge on any atom is 0.0537 e. The molecule has 0 aliphatic heterocycles. The zero-order valence-electron chi connectivity index (χ0n) is 12.9. The Balaban J connectivity index is 2.80. The maximum absolute atomic E-state index is 4.55. The molecular formula is C15H29N3. The van der Waals surface area contributed by atoms with E-state index >= 15 is 0 Å². The lowest BCUT2D eigenvalue weighted by Crippen LogP contribution is -2.35. The van der Waals surface area contributed by atoms with Crippen LogP contribution in [0.25, 0.3) is 0 Å². The van der Waals surface area contributed by atoms with Crippen molar-refractivity contribution in [3.63, 3.8) is 0 Å². The van der Waals surface area contributed by atoms with Crippen molar-refractivity contribution >= 4 is 0 Å². The van der Waals surface area contributed by atoms with Gasteiger partial charge in [-0.05, 0) is 33.1 Å². The summed E-state index contributed by atoms with van der Waals surface area (Å²) >= 11 is 0. The molecule has 18 heavy (non-hydrogen) atoms. The van der Waals surface area contributed by atoms with E-state index in [4.69, 9.17) is 0 Å². The molecule has 0 radical (unpaired) electrons. The summed E-state index contributed by atoms with van der Waals surface area (Å²) in [7, 11) is 0. The molecule has 1 aromatic heterocycles. The Morgan fingerprint density at radius 1 is 1.33 bits per heavy atom. The Labute approximate surface area is 112 Å². The third-order valence-corrected chi connectivity index (χ3v) is 2.87. The zero-order chi connectivity index (χ0) is 13.8. The summed E-state index contributed by atoms with van der Waals surface area (Å²) in [6, 6.07) is 0. The average Bonchev–Trinajstić information content (AvgIpc) is 2.57. The van der Waals surface area contributed by atoms with Crippen LogP contribution in [0.4, 0.5) is 0 Å². The molecule has 0 bridgehead atoms. The second-order valence-corrected chi connectivity index (χ2v) is 6.55. The molecule has 0 aliphatic rings. The number of hydrogen-bond donors (Lipinski definition) is 1. The molecular weight excluding hydrogens is 222 g/mol. The van der Waals surface area contributed by atoms with Gasteiger partial charge in [-0.1, -0.05) is 27.2 Å². The van der Waals surface area contributed by atoms with Crippen LogP contribution in [0.2, 0.25) is 0 Å². The van der Waals surface area contributed by atoms with Gasteiger partial charge < -0.3 is 5.32 Å². The third-order valence-electron chi connectivity index (χ3n) is 2.87. The van der Waals surface area contributed by atoms with Crippen LogP contribution < -0.4 is 5.32 Å². The fourth-order valence-electron chi connectivity index (χ4n) is 1.99. The minimum Gasteiger partial charge on any atom is -0.308 e. The van der Waals surface area contributed by atoms with Crippen molar-refractivity contribution in [2.75, 3.05) is 0 Å². The van der Waals surface area contributed by atoms with Gasteiger partial charge in [0.2, 0.25) is 0 Å². The molecule has 1 heterocycles. The molecule has 0 amide bonds. The first-order chi connectivity index (χ1) is 8.33. The van der Waals surface area contributed by atoms with Crippen molar-refractivity contribution in [3.05, 3.63) is 17.5 Å². The SMILES string of the molecule is CCCc1c(CNC(C)(C)C)cnn1CC(C)C. The van der Waals surface area contributed by atoms with Crippen molar-refractivity contribution < 1.29 is 0 Å². The minimum atomic E-state index is 0.156. The van der Waals surface area contributed by atoms with Crippen LogP contribution in [-0.2, 0) is 19.5 Å². The molecule has 3 heteroatoms. The zero-order valence-corrected chi connectivity index (χ0v) is 12.9. The summed E-state index contributed by atoms with van der Waals surface area (Å²) < 4.78 is 2.19. The average molecular weight is 251 g/mol. The number of aromatic nitrogens is 2. The minimum absolute atomic E-state index is 0.156. The van der Waals surface area contributed by atoms with Crippen molar-refractivity contribution in [2.45, 2.75) is 73.0 Å². The quantitative estimate of drug-likeness (QED) is 0.840. The highest BCUT2D eigenvalue weighted by Crippen LogP contribution is 2.14. The Hall–Kier alpha value is -0.830. The number of rotatable bonds is 6. The summed E-state index contributed by atoms with van der Waals surface area (Å²) in [5, 5.41) is 8.10. The highest BCUT2D eigenvalue weighted by Gasteiger charge is 2.14. The van der Waals surface area contributed by atoms with E-state index in [9.17, 15) is 0 Å². The van der Waals surface area contributed by atoms with Crippen molar-refractivity contribution in [2.24, 2.45) is 5.92 Å². The Bertz CT molecular complexity index is 358. The van der Waals surface area contributed by atoms with E-state index in [-0.39, 0.29) is 5.54 Å². The lowest BCUT2D eigenvalue weighted by atomic mass is 10.1. The predicted molar refractivity (Wildman–Crippen MR) is 77.7 cm³/mol. The van der Waals surface area contributed by atoms with Gasteiger partial charge in [0.05, 0.1) is 6.20 Å². The number of nitrogens with one attached hydrogen (secondary N) is 1. The fraction of sp³-hybridized carbons (Fsp3) is 0.800. The number of nitrogens with zero attached hydrogens (tertiary/aromatic N) is 2. The van der Waals surface area contributed by atoms with Gasteiger partial charge in [0.15, 0.2) is 0 Å². The van der Waals surface area contributed by atoms with E-state index in [2.05, 4.69) is 56.6 Å². The molecule has 0 unspecified atom stereocenters. The van der Waals surface area contributed by atoms with E-state index in [1.54, 1.807) is 0 Å². The summed E-state index contributed by atoms with van der Waals surface area (Å²) in [4.78, 5) is 0. The highest BCUT2D eigenvalue weighted by atomic mass is 15.3. The molecule has 0 aromatic carbocycles. The molecule has 0 saturated heterocycles. The van der Waals surface area contributed by atoms with Gasteiger partial charge in [-0.15, -0.1) is 0 Å². The third kappa shape index (κ3) is 4.81. The van der Waals surface area contributed by atoms with E-state index in [0.717, 1.165) is 19.5 Å². The lowest BCUT2D eigenvalue weighted by Gasteiger charge is -2.20. The smallest absolute Gasteiger partial charge is 0.0537 e. The second kappa shape index (κ2) is 6.37. The van der Waals surface area contributed by atoms with Gasteiger partial charge >= 0.3 is 0 Å². The first kappa shape index (κ1) is 15.2. The predicted octanol–water partition coefficient (Wildman–Crippen LogP) is 3.38. The highest BCUT2D eigenvalue weighted by molar-refractivity contribution is 5.18. The molecule has 1 N–H and O–H groups in total. The first-order valence-corrected chi connectivity index (χ1v) is 7.12. The molecule has 3 nitrogen and oxygen atoms in total. The van der Waals surface area contributed by atoms with E-state index in [1.807, 2.05) is 6.20 Å². The van der Waals surface area contributed by atoms with Gasteiger partial charge in [0.25, 0.3) is 0 Å². The summed E-state index contributed by atoms with van der Waals surface area (Å²) in [6.45, 7) is 15.2. The van der Waals surface area contributed by atoms with E-state index < -0.39 is 0 Å². The standard InChI is InChI=1S/C15H29N3/c1-7-8-14-13(9-16-15(4,5)6)10-17-18(14)11-12(2)3/h10,12,16H,7-9,11H2,1-6H3. The van der Waals surface area contributed by atoms with Crippen LogP contribution in [0.3, 0.4) is 0 Å². The molecule has 104 valence electrons. The molecule has 1 aromatic rings. The fourth-order valence-corrected chi connectivity index (χ4v) is 1.99. The summed E-state index contributed by atoms with van der Waals surface area (Å²) in [5.74, 6) is 0.643. The van der Waals surface area contributed by atoms with E-state index in [0.29, 0.717) is 5.92 Å². The van der Waals surface area contributed by atoms with Crippen LogP contribution in [0, 0.1) is 5.92 Å². The molecule has 0 saturated carbocycles. The van der Waals surface area contributed by atoms with Gasteiger partial charge in [0, 0.05) is 29.9 Å². The number of hydrogen-bond acceptors (Lipinski definition) is 2. The van der Waals surface area contributed by atoms with Gasteiger partial charge in [-0.25, -0.2) is 0 Å². The van der Waals surface area contributed by atoms with Crippen LogP contribution >= 0.6 is 0 Å². The topological polar surface area (TPSA) is 29.9 Å². The molecule has 0 fully saturated rings. The Morgan fingerprint density at radius 2 is 2.00 bits per heavy atom. The Kier molecular flexibility index (Phi) is 5.39. The maximum atomic E-state index is 4.55.